The second-order valence-electron chi connectivity index (χ2n) is 5.09. The van der Waals surface area contributed by atoms with Crippen molar-refractivity contribution in [2.24, 2.45) is 0 Å². The van der Waals surface area contributed by atoms with Gasteiger partial charge in [0.2, 0.25) is 0 Å². The molecular weight excluding hydrogens is 326 g/mol. The van der Waals surface area contributed by atoms with Gasteiger partial charge in [0.1, 0.15) is 5.52 Å². The number of amides is 2. The predicted molar refractivity (Wildman–Crippen MR) is 92.8 cm³/mol. The number of fused-ring (bicyclic) bond motifs is 1. The summed E-state index contributed by atoms with van der Waals surface area (Å²) in [7, 11) is 0. The number of carbonyl (C=O) groups excluding carboxylic acids is 2. The first-order valence-electron chi connectivity index (χ1n) is 7.15. The van der Waals surface area contributed by atoms with E-state index in [0.717, 1.165) is 28.5 Å². The number of imide groups is 1. The number of para-hydroxylation sites is 2. The summed E-state index contributed by atoms with van der Waals surface area (Å²) in [6, 6.07) is 15.3. The number of nitrogens with zero attached hydrogens (tertiary/aromatic N) is 1. The highest BCUT2D eigenvalue weighted by molar-refractivity contribution is 8.18. The monoisotopic (exact) mass is 337 g/mol. The van der Waals surface area contributed by atoms with Crippen molar-refractivity contribution in [1.82, 2.24) is 10.3 Å². The zero-order valence-corrected chi connectivity index (χ0v) is 13.1. The zero-order chi connectivity index (χ0) is 16.5. The Morgan fingerprint density at radius 1 is 1.12 bits per heavy atom. The number of carbonyl (C=O) groups is 2. The first-order chi connectivity index (χ1) is 11.7. The Morgan fingerprint density at radius 3 is 2.79 bits per heavy atom. The maximum absolute atomic E-state index is 11.6. The first kappa shape index (κ1) is 14.5. The number of rotatable bonds is 3. The molecule has 0 radical (unpaired) electrons. The maximum Gasteiger partial charge on any atom is 0.300 e. The van der Waals surface area contributed by atoms with Crippen molar-refractivity contribution in [2.45, 2.75) is 0 Å². The number of hydrogen-bond acceptors (Lipinski definition) is 6. The Kier molecular flexibility index (Phi) is 3.55. The van der Waals surface area contributed by atoms with E-state index in [4.69, 9.17) is 4.42 Å². The van der Waals surface area contributed by atoms with Gasteiger partial charge in [-0.2, -0.15) is 4.98 Å². The normalized spacial score (nSPS) is 15.9. The van der Waals surface area contributed by atoms with E-state index in [0.29, 0.717) is 16.5 Å². The highest BCUT2D eigenvalue weighted by atomic mass is 32.2. The number of aromatic nitrogens is 1. The van der Waals surface area contributed by atoms with Crippen LogP contribution in [-0.4, -0.2) is 16.1 Å². The molecule has 2 heterocycles. The summed E-state index contributed by atoms with van der Waals surface area (Å²) in [6.07, 6.45) is 1.67. The molecule has 0 atom stereocenters. The molecule has 7 heteroatoms. The molecule has 118 valence electrons. The van der Waals surface area contributed by atoms with Crippen LogP contribution in [0, 0.1) is 0 Å². The predicted octanol–water partition coefficient (Wildman–Crippen LogP) is 3.90. The fourth-order valence-electron chi connectivity index (χ4n) is 2.33. The number of nitrogens with one attached hydrogen (secondary N) is 2. The Morgan fingerprint density at radius 2 is 2.00 bits per heavy atom. The van der Waals surface area contributed by atoms with E-state index in [1.165, 1.54) is 0 Å². The SMILES string of the molecule is O=C1NC(=O)/C(=C/c2cccc(Nc3nc4ccccc4o3)c2)S1. The minimum Gasteiger partial charge on any atom is -0.423 e. The van der Waals surface area contributed by atoms with E-state index < -0.39 is 0 Å². The molecule has 1 saturated heterocycles. The van der Waals surface area contributed by atoms with Gasteiger partial charge < -0.3 is 9.73 Å². The van der Waals surface area contributed by atoms with Crippen LogP contribution in [0.25, 0.3) is 17.2 Å². The van der Waals surface area contributed by atoms with Gasteiger partial charge in [0.25, 0.3) is 17.2 Å². The van der Waals surface area contributed by atoms with Gasteiger partial charge in [-0.3, -0.25) is 14.9 Å². The van der Waals surface area contributed by atoms with Crippen LogP contribution in [-0.2, 0) is 4.79 Å². The standard InChI is InChI=1S/C17H11N3O3S/c21-15-14(24-17(22)20-15)9-10-4-3-5-11(8-10)18-16-19-12-6-1-2-7-13(12)23-16/h1-9H,(H,18,19)(H,20,21,22)/b14-9-. The molecule has 1 aromatic heterocycles. The zero-order valence-electron chi connectivity index (χ0n) is 12.3. The third-order valence-electron chi connectivity index (χ3n) is 3.37. The summed E-state index contributed by atoms with van der Waals surface area (Å²) in [5.74, 6) is -0.373. The molecular formula is C17H11N3O3S. The molecule has 0 spiro atoms. The molecule has 1 aliphatic rings. The fourth-order valence-corrected chi connectivity index (χ4v) is 3.01. The summed E-state index contributed by atoms with van der Waals surface area (Å²) < 4.78 is 5.63. The Hall–Kier alpha value is -3.06. The lowest BCUT2D eigenvalue weighted by molar-refractivity contribution is -0.115. The van der Waals surface area contributed by atoms with Crippen molar-refractivity contribution in [3.05, 3.63) is 59.0 Å². The third kappa shape index (κ3) is 2.89. The van der Waals surface area contributed by atoms with Crippen molar-refractivity contribution in [1.29, 1.82) is 0 Å². The molecule has 2 N–H and O–H groups in total. The van der Waals surface area contributed by atoms with E-state index in [1.807, 2.05) is 48.5 Å². The van der Waals surface area contributed by atoms with Gasteiger partial charge in [0.05, 0.1) is 4.91 Å². The van der Waals surface area contributed by atoms with Crippen LogP contribution in [0.3, 0.4) is 0 Å². The molecule has 0 bridgehead atoms. The van der Waals surface area contributed by atoms with Crippen LogP contribution in [0.2, 0.25) is 0 Å². The van der Waals surface area contributed by atoms with E-state index >= 15 is 0 Å². The Bertz CT molecular complexity index is 960. The number of benzene rings is 2. The summed E-state index contributed by atoms with van der Waals surface area (Å²) in [5.41, 5.74) is 3.04. The molecule has 1 fully saturated rings. The smallest absolute Gasteiger partial charge is 0.300 e. The number of oxazole rings is 1. The largest absolute Gasteiger partial charge is 0.423 e. The molecule has 2 aromatic carbocycles. The molecule has 0 saturated carbocycles. The van der Waals surface area contributed by atoms with Crippen LogP contribution in [0.15, 0.2) is 57.9 Å². The summed E-state index contributed by atoms with van der Waals surface area (Å²) in [4.78, 5) is 27.5. The van der Waals surface area contributed by atoms with Crippen LogP contribution in [0.1, 0.15) is 5.56 Å². The van der Waals surface area contributed by atoms with Gasteiger partial charge in [-0.15, -0.1) is 0 Å². The lowest BCUT2D eigenvalue weighted by Crippen LogP contribution is -2.17. The van der Waals surface area contributed by atoms with Gasteiger partial charge >= 0.3 is 0 Å². The highest BCUT2D eigenvalue weighted by Gasteiger charge is 2.24. The lowest BCUT2D eigenvalue weighted by atomic mass is 10.2. The van der Waals surface area contributed by atoms with Crippen molar-refractivity contribution in [3.8, 4) is 0 Å². The minimum absolute atomic E-state index is 0.355. The summed E-state index contributed by atoms with van der Waals surface area (Å²) in [5, 5.41) is 4.98. The second-order valence-corrected chi connectivity index (χ2v) is 6.10. The van der Waals surface area contributed by atoms with Crippen molar-refractivity contribution in [2.75, 3.05) is 5.32 Å². The van der Waals surface area contributed by atoms with Crippen LogP contribution >= 0.6 is 11.8 Å². The molecule has 0 unspecified atom stereocenters. The van der Waals surface area contributed by atoms with E-state index in [9.17, 15) is 9.59 Å². The number of thioether (sulfide) groups is 1. The van der Waals surface area contributed by atoms with Gasteiger partial charge in [-0.1, -0.05) is 24.3 Å². The van der Waals surface area contributed by atoms with Gasteiger partial charge in [0, 0.05) is 5.69 Å². The van der Waals surface area contributed by atoms with E-state index in [-0.39, 0.29) is 11.1 Å². The minimum atomic E-state index is -0.373. The van der Waals surface area contributed by atoms with Crippen molar-refractivity contribution in [3.63, 3.8) is 0 Å². The number of anilines is 2. The molecule has 24 heavy (non-hydrogen) atoms. The van der Waals surface area contributed by atoms with Crippen molar-refractivity contribution < 1.29 is 14.0 Å². The van der Waals surface area contributed by atoms with Gasteiger partial charge in [-0.05, 0) is 47.7 Å². The Labute approximate surface area is 140 Å². The lowest BCUT2D eigenvalue weighted by Gasteiger charge is -2.03. The summed E-state index contributed by atoms with van der Waals surface area (Å²) in [6.45, 7) is 0. The van der Waals surface area contributed by atoms with E-state index in [2.05, 4.69) is 15.6 Å². The van der Waals surface area contributed by atoms with Crippen LogP contribution in [0.4, 0.5) is 16.5 Å². The molecule has 0 aliphatic carbocycles. The third-order valence-corrected chi connectivity index (χ3v) is 4.18. The number of hydrogen-bond donors (Lipinski definition) is 2. The van der Waals surface area contributed by atoms with E-state index in [1.54, 1.807) is 6.08 Å². The molecule has 1 aliphatic heterocycles. The van der Waals surface area contributed by atoms with Crippen molar-refractivity contribution >= 4 is 51.8 Å². The second kappa shape index (κ2) is 5.86. The molecule has 2 amide bonds. The molecule has 3 aromatic rings. The maximum atomic E-state index is 11.6. The average molecular weight is 337 g/mol. The highest BCUT2D eigenvalue weighted by Crippen LogP contribution is 2.27. The molecule has 6 nitrogen and oxygen atoms in total. The average Bonchev–Trinajstić information content (AvgIpc) is 3.10. The fraction of sp³-hybridized carbons (Fsp3) is 0. The quantitative estimate of drug-likeness (QED) is 0.705. The van der Waals surface area contributed by atoms with Gasteiger partial charge in [0.15, 0.2) is 5.58 Å². The molecule has 4 rings (SSSR count). The van der Waals surface area contributed by atoms with Gasteiger partial charge in [-0.25, -0.2) is 0 Å². The van der Waals surface area contributed by atoms with Crippen LogP contribution < -0.4 is 10.6 Å². The van der Waals surface area contributed by atoms with Crippen LogP contribution in [0.5, 0.6) is 0 Å². The summed E-state index contributed by atoms with van der Waals surface area (Å²) >= 11 is 0.892. The Balaban J connectivity index is 1.59. The topological polar surface area (TPSA) is 84.2 Å². The first-order valence-corrected chi connectivity index (χ1v) is 7.96.